The van der Waals surface area contributed by atoms with Crippen LogP contribution in [0, 0.1) is 5.92 Å². The lowest BCUT2D eigenvalue weighted by Gasteiger charge is -2.27. The lowest BCUT2D eigenvalue weighted by atomic mass is 9.86. The van der Waals surface area contributed by atoms with Gasteiger partial charge in [-0.05, 0) is 56.2 Å². The van der Waals surface area contributed by atoms with Crippen molar-refractivity contribution in [1.82, 2.24) is 5.32 Å². The topological polar surface area (TPSA) is 58.6 Å². The van der Waals surface area contributed by atoms with Gasteiger partial charge < -0.3 is 15.2 Å². The predicted molar refractivity (Wildman–Crippen MR) is 87.1 cm³/mol. The van der Waals surface area contributed by atoms with Gasteiger partial charge in [-0.25, -0.2) is 0 Å². The molecule has 0 unspecified atom stereocenters. The van der Waals surface area contributed by atoms with Crippen molar-refractivity contribution < 1.29 is 14.6 Å². The van der Waals surface area contributed by atoms with Crippen LogP contribution in [0.25, 0.3) is 0 Å². The molecule has 0 bridgehead atoms. The second-order valence-electron chi connectivity index (χ2n) is 5.89. The summed E-state index contributed by atoms with van der Waals surface area (Å²) in [5, 5.41) is 12.7. The second-order valence-corrected chi connectivity index (χ2v) is 5.89. The summed E-state index contributed by atoms with van der Waals surface area (Å²) >= 11 is 0. The van der Waals surface area contributed by atoms with Crippen LogP contribution in [0.3, 0.4) is 0 Å². The third-order valence-corrected chi connectivity index (χ3v) is 4.21. The molecular formula is C18H25NO3. The summed E-state index contributed by atoms with van der Waals surface area (Å²) in [7, 11) is 1.50. The van der Waals surface area contributed by atoms with Crippen molar-refractivity contribution in [1.29, 1.82) is 0 Å². The van der Waals surface area contributed by atoms with Crippen LogP contribution < -0.4 is 10.1 Å². The first-order valence-electron chi connectivity index (χ1n) is 7.90. The van der Waals surface area contributed by atoms with E-state index in [-0.39, 0.29) is 17.7 Å². The fraction of sp³-hybridized carbons (Fsp3) is 0.500. The van der Waals surface area contributed by atoms with Gasteiger partial charge in [0.05, 0.1) is 13.5 Å². The molecule has 0 aromatic heterocycles. The van der Waals surface area contributed by atoms with Gasteiger partial charge in [0, 0.05) is 6.04 Å². The third-order valence-electron chi connectivity index (χ3n) is 4.21. The van der Waals surface area contributed by atoms with Crippen LogP contribution in [0.1, 0.15) is 38.2 Å². The molecule has 1 aliphatic carbocycles. The van der Waals surface area contributed by atoms with E-state index < -0.39 is 0 Å². The zero-order valence-corrected chi connectivity index (χ0v) is 13.3. The number of aromatic hydroxyl groups is 1. The Morgan fingerprint density at radius 2 is 2.09 bits per heavy atom. The van der Waals surface area contributed by atoms with Gasteiger partial charge in [-0.1, -0.05) is 18.2 Å². The molecule has 0 spiro atoms. The molecule has 0 atom stereocenters. The highest BCUT2D eigenvalue weighted by atomic mass is 16.5. The molecule has 2 N–H and O–H groups in total. The number of methoxy groups -OCH3 is 1. The van der Waals surface area contributed by atoms with Gasteiger partial charge >= 0.3 is 0 Å². The molecule has 1 fully saturated rings. The molecule has 1 saturated carbocycles. The van der Waals surface area contributed by atoms with E-state index in [1.807, 2.05) is 0 Å². The number of phenols is 1. The molecule has 120 valence electrons. The number of amides is 1. The van der Waals surface area contributed by atoms with Crippen LogP contribution in [-0.2, 0) is 11.2 Å². The Labute approximate surface area is 132 Å². The smallest absolute Gasteiger partial charge is 0.224 e. The number of allylic oxidation sites excluding steroid dienone is 2. The Balaban J connectivity index is 1.83. The third kappa shape index (κ3) is 4.52. The van der Waals surface area contributed by atoms with E-state index >= 15 is 0 Å². The molecule has 2 rings (SSSR count). The minimum absolute atomic E-state index is 0.0298. The Bertz CT molecular complexity index is 531. The molecule has 1 aliphatic rings. The van der Waals surface area contributed by atoms with E-state index in [0.29, 0.717) is 18.1 Å². The van der Waals surface area contributed by atoms with Crippen molar-refractivity contribution in [3.05, 3.63) is 35.9 Å². The van der Waals surface area contributed by atoms with Gasteiger partial charge in [-0.15, -0.1) is 0 Å². The van der Waals surface area contributed by atoms with Crippen molar-refractivity contribution in [2.45, 2.75) is 45.1 Å². The molecule has 1 aromatic carbocycles. The second kappa shape index (κ2) is 7.87. The zero-order chi connectivity index (χ0) is 15.9. The number of hydrogen-bond acceptors (Lipinski definition) is 3. The number of phenolic OH excluding ortho intramolecular Hbond substituents is 1. The van der Waals surface area contributed by atoms with Crippen LogP contribution in [-0.4, -0.2) is 24.2 Å². The van der Waals surface area contributed by atoms with E-state index in [0.717, 1.165) is 31.2 Å². The normalized spacial score (nSPS) is 21.7. The summed E-state index contributed by atoms with van der Waals surface area (Å²) in [5.74, 6) is 1.19. The number of benzene rings is 1. The molecule has 1 aromatic rings. The van der Waals surface area contributed by atoms with E-state index in [2.05, 4.69) is 24.4 Å². The van der Waals surface area contributed by atoms with E-state index in [4.69, 9.17) is 4.74 Å². The molecule has 22 heavy (non-hydrogen) atoms. The number of carbonyl (C=O) groups is 1. The van der Waals surface area contributed by atoms with Crippen molar-refractivity contribution in [3.63, 3.8) is 0 Å². The zero-order valence-electron chi connectivity index (χ0n) is 13.3. The van der Waals surface area contributed by atoms with Crippen molar-refractivity contribution >= 4 is 5.91 Å². The van der Waals surface area contributed by atoms with Crippen molar-refractivity contribution in [2.75, 3.05) is 7.11 Å². The largest absolute Gasteiger partial charge is 0.504 e. The van der Waals surface area contributed by atoms with Crippen LogP contribution >= 0.6 is 0 Å². The Kier molecular flexibility index (Phi) is 5.87. The molecule has 1 amide bonds. The quantitative estimate of drug-likeness (QED) is 0.821. The SMILES string of the molecule is C/C=C\C1CCC(NC(=O)Cc2ccc(O)c(OC)c2)CC1. The predicted octanol–water partition coefficient (Wildman–Crippen LogP) is 3.19. The Morgan fingerprint density at radius 3 is 2.73 bits per heavy atom. The number of carbonyl (C=O) groups excluding carboxylic acids is 1. The minimum Gasteiger partial charge on any atom is -0.504 e. The van der Waals surface area contributed by atoms with Gasteiger partial charge in [-0.2, -0.15) is 0 Å². The minimum atomic E-state index is 0.0298. The maximum Gasteiger partial charge on any atom is 0.224 e. The highest BCUT2D eigenvalue weighted by molar-refractivity contribution is 5.79. The van der Waals surface area contributed by atoms with Crippen molar-refractivity contribution in [3.8, 4) is 11.5 Å². The monoisotopic (exact) mass is 303 g/mol. The summed E-state index contributed by atoms with van der Waals surface area (Å²) in [6.45, 7) is 2.06. The maximum absolute atomic E-state index is 12.1. The summed E-state index contributed by atoms with van der Waals surface area (Å²) in [4.78, 5) is 12.1. The fourth-order valence-electron chi connectivity index (χ4n) is 3.02. The lowest BCUT2D eigenvalue weighted by Crippen LogP contribution is -2.38. The Hall–Kier alpha value is -1.97. The summed E-state index contributed by atoms with van der Waals surface area (Å²) in [5.41, 5.74) is 0.842. The van der Waals surface area contributed by atoms with Crippen LogP contribution in [0.2, 0.25) is 0 Å². The lowest BCUT2D eigenvalue weighted by molar-refractivity contribution is -0.121. The number of ether oxygens (including phenoxy) is 1. The first-order valence-corrected chi connectivity index (χ1v) is 7.90. The summed E-state index contributed by atoms with van der Waals surface area (Å²) in [6.07, 6.45) is 9.05. The number of hydrogen-bond donors (Lipinski definition) is 2. The van der Waals surface area contributed by atoms with E-state index in [1.165, 1.54) is 7.11 Å². The summed E-state index contributed by atoms with van der Waals surface area (Å²) < 4.78 is 5.06. The molecule has 4 heteroatoms. The number of rotatable bonds is 5. The van der Waals surface area contributed by atoms with Crippen LogP contribution in [0.4, 0.5) is 0 Å². The van der Waals surface area contributed by atoms with Crippen molar-refractivity contribution in [2.24, 2.45) is 5.92 Å². The van der Waals surface area contributed by atoms with E-state index in [9.17, 15) is 9.90 Å². The highest BCUT2D eigenvalue weighted by Gasteiger charge is 2.20. The molecule has 0 saturated heterocycles. The standard InChI is InChI=1S/C18H25NO3/c1-3-4-13-5-8-15(9-6-13)19-18(21)12-14-7-10-16(20)17(11-14)22-2/h3-4,7,10-11,13,15,20H,5-6,8-9,12H2,1-2H3,(H,19,21)/b4-3-. The van der Waals surface area contributed by atoms with Gasteiger partial charge in [0.2, 0.25) is 5.91 Å². The first-order chi connectivity index (χ1) is 10.6. The van der Waals surface area contributed by atoms with Gasteiger partial charge in [0.15, 0.2) is 11.5 Å². The number of nitrogens with one attached hydrogen (secondary N) is 1. The molecule has 0 heterocycles. The average molecular weight is 303 g/mol. The van der Waals surface area contributed by atoms with Crippen LogP contribution in [0.15, 0.2) is 30.4 Å². The molecule has 4 nitrogen and oxygen atoms in total. The van der Waals surface area contributed by atoms with Gasteiger partial charge in [-0.3, -0.25) is 4.79 Å². The van der Waals surface area contributed by atoms with Gasteiger partial charge in [0.1, 0.15) is 0 Å². The molecular weight excluding hydrogens is 278 g/mol. The highest BCUT2D eigenvalue weighted by Crippen LogP contribution is 2.27. The molecule has 0 radical (unpaired) electrons. The molecule has 0 aliphatic heterocycles. The average Bonchev–Trinajstić information content (AvgIpc) is 2.51. The van der Waals surface area contributed by atoms with Crippen LogP contribution in [0.5, 0.6) is 11.5 Å². The Morgan fingerprint density at radius 1 is 1.36 bits per heavy atom. The maximum atomic E-state index is 12.1. The first kappa shape index (κ1) is 16.4. The van der Waals surface area contributed by atoms with E-state index in [1.54, 1.807) is 18.2 Å². The fourth-order valence-corrected chi connectivity index (χ4v) is 3.02. The summed E-state index contributed by atoms with van der Waals surface area (Å²) in [6, 6.07) is 5.30. The van der Waals surface area contributed by atoms with Gasteiger partial charge in [0.25, 0.3) is 0 Å².